The summed E-state index contributed by atoms with van der Waals surface area (Å²) in [7, 11) is 0. The summed E-state index contributed by atoms with van der Waals surface area (Å²) in [4.78, 5) is 49.6. The Labute approximate surface area is 180 Å². The van der Waals surface area contributed by atoms with E-state index in [4.69, 9.17) is 5.73 Å². The highest BCUT2D eigenvalue weighted by molar-refractivity contribution is 6.03. The van der Waals surface area contributed by atoms with Gasteiger partial charge in [-0.3, -0.25) is 14.4 Å². The number of carbonyl (C=O) groups is 3. The number of nitrogens with one attached hydrogen (secondary N) is 1. The third-order valence-corrected chi connectivity index (χ3v) is 4.96. The maximum atomic E-state index is 13.1. The van der Waals surface area contributed by atoms with Crippen LogP contribution in [0.1, 0.15) is 6.42 Å². The molecule has 32 heavy (non-hydrogen) atoms. The van der Waals surface area contributed by atoms with Crippen molar-refractivity contribution in [2.75, 3.05) is 16.8 Å². The van der Waals surface area contributed by atoms with Gasteiger partial charge in [-0.05, 0) is 59.0 Å². The second kappa shape index (κ2) is 8.41. The van der Waals surface area contributed by atoms with Crippen molar-refractivity contribution in [2.24, 2.45) is 11.7 Å². The van der Waals surface area contributed by atoms with Gasteiger partial charge >= 0.3 is 5.69 Å². The molecule has 12 heteroatoms. The molecular formula is C20H18FN7O4. The van der Waals surface area contributed by atoms with Crippen LogP contribution in [0.4, 0.5) is 15.8 Å². The average Bonchev–Trinajstić information content (AvgIpc) is 3.32. The monoisotopic (exact) mass is 439 g/mol. The van der Waals surface area contributed by atoms with Crippen molar-refractivity contribution in [3.05, 3.63) is 64.8 Å². The van der Waals surface area contributed by atoms with Gasteiger partial charge in [0, 0.05) is 24.3 Å². The Bertz CT molecular complexity index is 1230. The van der Waals surface area contributed by atoms with Gasteiger partial charge < -0.3 is 16.0 Å². The highest BCUT2D eigenvalue weighted by atomic mass is 19.1. The van der Waals surface area contributed by atoms with Crippen molar-refractivity contribution in [1.82, 2.24) is 19.8 Å². The molecule has 0 saturated carbocycles. The third kappa shape index (κ3) is 4.24. The Kier molecular flexibility index (Phi) is 5.50. The molecule has 3 amide bonds. The van der Waals surface area contributed by atoms with E-state index >= 15 is 0 Å². The van der Waals surface area contributed by atoms with E-state index in [2.05, 4.69) is 15.7 Å². The summed E-state index contributed by atoms with van der Waals surface area (Å²) in [5.74, 6) is -2.24. The first-order valence-corrected chi connectivity index (χ1v) is 9.60. The fraction of sp³-hybridized carbons (Fsp3) is 0.200. The van der Waals surface area contributed by atoms with E-state index in [1.54, 1.807) is 24.3 Å². The molecule has 2 aromatic carbocycles. The van der Waals surface area contributed by atoms with Crippen molar-refractivity contribution in [3.8, 4) is 5.69 Å². The van der Waals surface area contributed by atoms with Crippen LogP contribution in [0.5, 0.6) is 0 Å². The van der Waals surface area contributed by atoms with Crippen molar-refractivity contribution in [2.45, 2.75) is 13.0 Å². The van der Waals surface area contributed by atoms with Crippen LogP contribution < -0.4 is 21.6 Å². The van der Waals surface area contributed by atoms with Gasteiger partial charge in [0.1, 0.15) is 12.4 Å². The van der Waals surface area contributed by atoms with Gasteiger partial charge in [0.05, 0.1) is 11.6 Å². The number of hydrogen-bond acceptors (Lipinski definition) is 6. The molecule has 11 nitrogen and oxygen atoms in total. The molecule has 1 fully saturated rings. The molecule has 4 rings (SSSR count). The standard InChI is InChI=1S/C20H18FN7O4/c21-13-1-5-15(6-2-13)26-10-12(9-18(26)30)19(31)23-14-3-7-16(8-4-14)28-20(32)27(24-25-28)11-17(22)29/h1-8,12H,9-11H2,(H2,22,29)(H,23,31)/t12-/m0/s1. The largest absolute Gasteiger partial charge is 0.368 e. The minimum absolute atomic E-state index is 0.0413. The lowest BCUT2D eigenvalue weighted by Crippen LogP contribution is -2.30. The number of amides is 3. The second-order valence-electron chi connectivity index (χ2n) is 7.22. The highest BCUT2D eigenvalue weighted by Crippen LogP contribution is 2.26. The lowest BCUT2D eigenvalue weighted by Gasteiger charge is -2.16. The van der Waals surface area contributed by atoms with Crippen molar-refractivity contribution in [3.63, 3.8) is 0 Å². The zero-order valence-corrected chi connectivity index (χ0v) is 16.6. The Morgan fingerprint density at radius 1 is 1.03 bits per heavy atom. The zero-order chi connectivity index (χ0) is 22.8. The number of rotatable bonds is 6. The summed E-state index contributed by atoms with van der Waals surface area (Å²) in [6, 6.07) is 11.7. The quantitative estimate of drug-likeness (QED) is 0.555. The van der Waals surface area contributed by atoms with Crippen LogP contribution in [0, 0.1) is 11.7 Å². The third-order valence-electron chi connectivity index (χ3n) is 4.96. The number of hydrogen-bond donors (Lipinski definition) is 2. The van der Waals surface area contributed by atoms with Gasteiger partial charge in [-0.15, -0.1) is 0 Å². The minimum Gasteiger partial charge on any atom is -0.368 e. The molecule has 1 saturated heterocycles. The Balaban J connectivity index is 1.42. The lowest BCUT2D eigenvalue weighted by molar-refractivity contribution is -0.122. The lowest BCUT2D eigenvalue weighted by atomic mass is 10.1. The summed E-state index contributed by atoms with van der Waals surface area (Å²) >= 11 is 0. The van der Waals surface area contributed by atoms with E-state index in [-0.39, 0.29) is 31.3 Å². The smallest absolute Gasteiger partial charge is 0.368 e. The predicted molar refractivity (Wildman–Crippen MR) is 110 cm³/mol. The number of nitrogens with two attached hydrogens (primary N) is 1. The Morgan fingerprint density at radius 2 is 1.69 bits per heavy atom. The van der Waals surface area contributed by atoms with E-state index in [9.17, 15) is 23.6 Å². The van der Waals surface area contributed by atoms with Gasteiger partial charge in [-0.2, -0.15) is 9.36 Å². The fourth-order valence-corrected chi connectivity index (χ4v) is 3.37. The summed E-state index contributed by atoms with van der Waals surface area (Å²) in [6.45, 7) is -0.200. The van der Waals surface area contributed by atoms with E-state index in [0.29, 0.717) is 17.1 Å². The zero-order valence-electron chi connectivity index (χ0n) is 16.6. The number of aromatic nitrogens is 4. The predicted octanol–water partition coefficient (Wildman–Crippen LogP) is 0.0450. The molecule has 0 unspecified atom stereocenters. The summed E-state index contributed by atoms with van der Waals surface area (Å²) in [5.41, 5.74) is 5.80. The molecule has 3 aromatic rings. The van der Waals surface area contributed by atoms with E-state index in [0.717, 1.165) is 9.36 Å². The molecule has 0 aliphatic carbocycles. The van der Waals surface area contributed by atoms with Gasteiger partial charge in [-0.1, -0.05) is 0 Å². The summed E-state index contributed by atoms with van der Waals surface area (Å²) in [5, 5.41) is 10.0. The van der Waals surface area contributed by atoms with Crippen LogP contribution >= 0.6 is 0 Å². The molecule has 164 valence electrons. The first kappa shape index (κ1) is 20.9. The molecule has 1 aromatic heterocycles. The van der Waals surface area contributed by atoms with Crippen molar-refractivity contribution >= 4 is 29.1 Å². The molecular weight excluding hydrogens is 421 g/mol. The van der Waals surface area contributed by atoms with Crippen molar-refractivity contribution < 1.29 is 18.8 Å². The van der Waals surface area contributed by atoms with Crippen LogP contribution in [-0.4, -0.2) is 44.1 Å². The number of benzene rings is 2. The maximum absolute atomic E-state index is 13.1. The SMILES string of the molecule is NC(=O)Cn1nnn(-c2ccc(NC(=O)[C@H]3CC(=O)N(c4ccc(F)cc4)C3)cc2)c1=O. The van der Waals surface area contributed by atoms with Crippen LogP contribution in [0.25, 0.3) is 5.69 Å². The normalized spacial score (nSPS) is 15.7. The first-order valence-electron chi connectivity index (χ1n) is 9.60. The van der Waals surface area contributed by atoms with E-state index in [1.807, 2.05) is 0 Å². The molecule has 0 radical (unpaired) electrons. The molecule has 1 atom stereocenters. The Morgan fingerprint density at radius 3 is 2.34 bits per heavy atom. The molecule has 2 heterocycles. The maximum Gasteiger partial charge on any atom is 0.368 e. The first-order chi connectivity index (χ1) is 15.3. The van der Waals surface area contributed by atoms with E-state index in [1.165, 1.54) is 29.2 Å². The second-order valence-corrected chi connectivity index (χ2v) is 7.22. The van der Waals surface area contributed by atoms with Crippen molar-refractivity contribution in [1.29, 1.82) is 0 Å². The number of carbonyl (C=O) groups excluding carboxylic acids is 3. The number of primary amides is 1. The number of tetrazole rings is 1. The molecule has 1 aliphatic rings. The van der Waals surface area contributed by atoms with E-state index < -0.39 is 23.3 Å². The van der Waals surface area contributed by atoms with Crippen LogP contribution in [-0.2, 0) is 20.9 Å². The van der Waals surface area contributed by atoms with Gasteiger partial charge in [0.15, 0.2) is 0 Å². The van der Waals surface area contributed by atoms with Gasteiger partial charge in [-0.25, -0.2) is 9.18 Å². The summed E-state index contributed by atoms with van der Waals surface area (Å²) < 4.78 is 14.9. The average molecular weight is 439 g/mol. The fourth-order valence-electron chi connectivity index (χ4n) is 3.37. The Hall–Kier alpha value is -4.35. The minimum atomic E-state index is -0.722. The number of nitrogens with zero attached hydrogens (tertiary/aromatic N) is 5. The molecule has 0 bridgehead atoms. The van der Waals surface area contributed by atoms with Crippen LogP contribution in [0.2, 0.25) is 0 Å². The molecule has 1 aliphatic heterocycles. The van der Waals surface area contributed by atoms with Crippen LogP contribution in [0.15, 0.2) is 53.3 Å². The molecule has 3 N–H and O–H groups in total. The highest BCUT2D eigenvalue weighted by Gasteiger charge is 2.35. The number of halogens is 1. The summed E-state index contributed by atoms with van der Waals surface area (Å²) in [6.07, 6.45) is 0.0413. The topological polar surface area (TPSA) is 145 Å². The molecule has 0 spiro atoms. The number of anilines is 2. The van der Waals surface area contributed by atoms with Gasteiger partial charge in [0.25, 0.3) is 0 Å². The van der Waals surface area contributed by atoms with Crippen LogP contribution in [0.3, 0.4) is 0 Å². The van der Waals surface area contributed by atoms with Gasteiger partial charge in [0.2, 0.25) is 17.7 Å².